The number of methoxy groups -OCH3 is 1. The summed E-state index contributed by atoms with van der Waals surface area (Å²) in [5.41, 5.74) is 2.74. The molecule has 1 amide bonds. The Morgan fingerprint density at radius 1 is 1.28 bits per heavy atom. The summed E-state index contributed by atoms with van der Waals surface area (Å²) in [4.78, 5) is 12.0. The number of aromatic nitrogens is 2. The third-order valence-corrected chi connectivity index (χ3v) is 4.06. The molecule has 0 spiro atoms. The van der Waals surface area contributed by atoms with Crippen LogP contribution in [0.5, 0.6) is 5.75 Å². The van der Waals surface area contributed by atoms with Gasteiger partial charge in [0.25, 0.3) is 0 Å². The number of nitrogens with one attached hydrogen (secondary N) is 1. The Morgan fingerprint density at radius 3 is 2.76 bits per heavy atom. The molecule has 0 fully saturated rings. The standard InChI is InChI=1S/C19H21N3O3/c1-22-11-3-4-16(22)7-10-19(23)20-13-15-12-18(25-21-15)14-5-8-17(24-2)9-6-14/h3-6,8-9,11-12H,7,10,13H2,1-2H3,(H,20,23). The van der Waals surface area contributed by atoms with E-state index in [2.05, 4.69) is 10.5 Å². The van der Waals surface area contributed by atoms with Crippen LogP contribution in [0, 0.1) is 0 Å². The quantitative estimate of drug-likeness (QED) is 0.718. The molecule has 0 saturated heterocycles. The van der Waals surface area contributed by atoms with Crippen molar-refractivity contribution in [3.8, 4) is 17.1 Å². The fourth-order valence-corrected chi connectivity index (χ4v) is 2.56. The number of ether oxygens (including phenoxy) is 1. The fraction of sp³-hybridized carbons (Fsp3) is 0.263. The van der Waals surface area contributed by atoms with Gasteiger partial charge in [0.05, 0.1) is 13.7 Å². The van der Waals surface area contributed by atoms with Crippen LogP contribution in [0.4, 0.5) is 0 Å². The molecule has 6 nitrogen and oxygen atoms in total. The van der Waals surface area contributed by atoms with Gasteiger partial charge < -0.3 is 19.1 Å². The lowest BCUT2D eigenvalue weighted by Crippen LogP contribution is -2.23. The van der Waals surface area contributed by atoms with E-state index in [0.717, 1.165) is 17.0 Å². The zero-order chi connectivity index (χ0) is 17.6. The first-order valence-corrected chi connectivity index (χ1v) is 8.12. The first-order valence-electron chi connectivity index (χ1n) is 8.12. The van der Waals surface area contributed by atoms with Crippen molar-refractivity contribution in [2.45, 2.75) is 19.4 Å². The van der Waals surface area contributed by atoms with Crippen LogP contribution >= 0.6 is 0 Å². The highest BCUT2D eigenvalue weighted by Gasteiger charge is 2.09. The number of hydrogen-bond acceptors (Lipinski definition) is 4. The molecule has 3 rings (SSSR count). The van der Waals surface area contributed by atoms with Crippen molar-refractivity contribution in [1.29, 1.82) is 0 Å². The van der Waals surface area contributed by atoms with Crippen molar-refractivity contribution < 1.29 is 14.1 Å². The van der Waals surface area contributed by atoms with Crippen molar-refractivity contribution >= 4 is 5.91 Å². The minimum absolute atomic E-state index is 0.00445. The summed E-state index contributed by atoms with van der Waals surface area (Å²) in [6.45, 7) is 0.353. The first-order chi connectivity index (χ1) is 12.2. The van der Waals surface area contributed by atoms with Gasteiger partial charge in [-0.1, -0.05) is 5.16 Å². The Balaban J connectivity index is 1.51. The van der Waals surface area contributed by atoms with Crippen LogP contribution in [-0.2, 0) is 24.8 Å². The summed E-state index contributed by atoms with van der Waals surface area (Å²) < 4.78 is 12.5. The van der Waals surface area contributed by atoms with Gasteiger partial charge in [0, 0.05) is 37.0 Å². The number of rotatable bonds is 7. The number of nitrogens with zero attached hydrogens (tertiary/aromatic N) is 2. The van der Waals surface area contributed by atoms with Crippen LogP contribution in [0.1, 0.15) is 17.8 Å². The van der Waals surface area contributed by atoms with E-state index in [4.69, 9.17) is 9.26 Å². The second kappa shape index (κ2) is 7.70. The van der Waals surface area contributed by atoms with Crippen molar-refractivity contribution in [2.75, 3.05) is 7.11 Å². The fourth-order valence-electron chi connectivity index (χ4n) is 2.56. The van der Waals surface area contributed by atoms with E-state index >= 15 is 0 Å². The maximum absolute atomic E-state index is 12.0. The lowest BCUT2D eigenvalue weighted by atomic mass is 10.1. The summed E-state index contributed by atoms with van der Waals surface area (Å²) in [7, 11) is 3.60. The Hall–Kier alpha value is -3.02. The molecule has 0 aliphatic carbocycles. The van der Waals surface area contributed by atoms with Gasteiger partial charge in [0.1, 0.15) is 11.4 Å². The normalized spacial score (nSPS) is 10.6. The predicted molar refractivity (Wildman–Crippen MR) is 94.1 cm³/mol. The number of hydrogen-bond donors (Lipinski definition) is 1. The molecule has 0 unspecified atom stereocenters. The van der Waals surface area contributed by atoms with E-state index in [1.165, 1.54) is 0 Å². The van der Waals surface area contributed by atoms with Gasteiger partial charge in [0.2, 0.25) is 5.91 Å². The van der Waals surface area contributed by atoms with E-state index in [9.17, 15) is 4.79 Å². The maximum atomic E-state index is 12.0. The minimum Gasteiger partial charge on any atom is -0.497 e. The molecule has 2 heterocycles. The molecule has 2 aromatic heterocycles. The van der Waals surface area contributed by atoms with Gasteiger partial charge in [-0.15, -0.1) is 0 Å². The monoisotopic (exact) mass is 339 g/mol. The molecule has 3 aromatic rings. The Bertz CT molecular complexity index is 834. The smallest absolute Gasteiger partial charge is 0.220 e. The molecule has 0 aliphatic heterocycles. The average Bonchev–Trinajstić information content (AvgIpc) is 3.27. The number of aryl methyl sites for hydroxylation is 2. The Labute approximate surface area is 146 Å². The van der Waals surface area contributed by atoms with Crippen LogP contribution in [0.15, 0.2) is 53.2 Å². The predicted octanol–water partition coefficient (Wildman–Crippen LogP) is 2.94. The molecule has 6 heteroatoms. The van der Waals surface area contributed by atoms with E-state index < -0.39 is 0 Å². The van der Waals surface area contributed by atoms with Gasteiger partial charge in [-0.05, 0) is 42.8 Å². The summed E-state index contributed by atoms with van der Waals surface area (Å²) in [5.74, 6) is 1.44. The number of carbonyl (C=O) groups is 1. The molecule has 0 saturated carbocycles. The first kappa shape index (κ1) is 16.8. The highest BCUT2D eigenvalue weighted by molar-refractivity contribution is 5.76. The Kier molecular flexibility index (Phi) is 5.18. The van der Waals surface area contributed by atoms with Crippen LogP contribution in [0.25, 0.3) is 11.3 Å². The summed E-state index contributed by atoms with van der Waals surface area (Å²) in [6, 6.07) is 13.4. The van der Waals surface area contributed by atoms with Gasteiger partial charge >= 0.3 is 0 Å². The van der Waals surface area contributed by atoms with Crippen molar-refractivity contribution in [3.63, 3.8) is 0 Å². The van der Waals surface area contributed by atoms with Gasteiger partial charge in [0.15, 0.2) is 5.76 Å². The lowest BCUT2D eigenvalue weighted by molar-refractivity contribution is -0.121. The third-order valence-electron chi connectivity index (χ3n) is 4.06. The summed E-state index contributed by atoms with van der Waals surface area (Å²) in [6.07, 6.45) is 3.13. The highest BCUT2D eigenvalue weighted by Crippen LogP contribution is 2.23. The molecule has 0 bridgehead atoms. The molecule has 25 heavy (non-hydrogen) atoms. The average molecular weight is 339 g/mol. The molecular weight excluding hydrogens is 318 g/mol. The number of carbonyl (C=O) groups excluding carboxylic acids is 1. The lowest BCUT2D eigenvalue weighted by Gasteiger charge is -2.04. The van der Waals surface area contributed by atoms with Gasteiger partial charge in [-0.3, -0.25) is 4.79 Å². The molecule has 1 aromatic carbocycles. The minimum atomic E-state index is -0.00445. The van der Waals surface area contributed by atoms with Gasteiger partial charge in [-0.25, -0.2) is 0 Å². The molecule has 0 atom stereocenters. The topological polar surface area (TPSA) is 69.3 Å². The number of amides is 1. The highest BCUT2D eigenvalue weighted by atomic mass is 16.5. The van der Waals surface area contributed by atoms with Crippen molar-refractivity contribution in [1.82, 2.24) is 15.0 Å². The zero-order valence-electron chi connectivity index (χ0n) is 14.4. The van der Waals surface area contributed by atoms with E-state index in [0.29, 0.717) is 30.8 Å². The Morgan fingerprint density at radius 2 is 2.08 bits per heavy atom. The second-order valence-electron chi connectivity index (χ2n) is 5.80. The largest absolute Gasteiger partial charge is 0.497 e. The van der Waals surface area contributed by atoms with E-state index in [-0.39, 0.29) is 5.91 Å². The molecule has 0 aliphatic rings. The van der Waals surface area contributed by atoms with Crippen LogP contribution < -0.4 is 10.1 Å². The van der Waals surface area contributed by atoms with Crippen molar-refractivity contribution in [3.05, 3.63) is 60.0 Å². The zero-order valence-corrected chi connectivity index (χ0v) is 14.4. The summed E-state index contributed by atoms with van der Waals surface area (Å²) in [5, 5.41) is 6.88. The maximum Gasteiger partial charge on any atom is 0.220 e. The third kappa shape index (κ3) is 4.29. The molecular formula is C19H21N3O3. The van der Waals surface area contributed by atoms with Crippen LogP contribution in [0.2, 0.25) is 0 Å². The molecule has 1 N–H and O–H groups in total. The van der Waals surface area contributed by atoms with Crippen LogP contribution in [-0.4, -0.2) is 22.7 Å². The number of benzene rings is 1. The molecule has 130 valence electrons. The molecule has 0 radical (unpaired) electrons. The van der Waals surface area contributed by atoms with Gasteiger partial charge in [-0.2, -0.15) is 0 Å². The second-order valence-corrected chi connectivity index (χ2v) is 5.80. The SMILES string of the molecule is COc1ccc(-c2cc(CNC(=O)CCc3cccn3C)no2)cc1. The van der Waals surface area contributed by atoms with Crippen LogP contribution in [0.3, 0.4) is 0 Å². The van der Waals surface area contributed by atoms with Crippen molar-refractivity contribution in [2.24, 2.45) is 7.05 Å². The van der Waals surface area contributed by atoms with E-state index in [1.807, 2.05) is 60.3 Å². The van der Waals surface area contributed by atoms with E-state index in [1.54, 1.807) is 7.11 Å². The summed E-state index contributed by atoms with van der Waals surface area (Å²) >= 11 is 0.